The molecule has 0 fully saturated rings. The molecule has 0 aliphatic carbocycles. The van der Waals surface area contributed by atoms with Crippen molar-refractivity contribution in [3.63, 3.8) is 0 Å². The lowest BCUT2D eigenvalue weighted by Crippen LogP contribution is -2.29. The van der Waals surface area contributed by atoms with Gasteiger partial charge in [0.2, 0.25) is 5.91 Å². The molecule has 23 heavy (non-hydrogen) atoms. The first-order valence-corrected chi connectivity index (χ1v) is 8.75. The zero-order chi connectivity index (χ0) is 16.6. The summed E-state index contributed by atoms with van der Waals surface area (Å²) >= 11 is 0. The van der Waals surface area contributed by atoms with Crippen LogP contribution in [0.1, 0.15) is 31.2 Å². The molecular formula is C18H32N4O. The molecule has 0 bridgehead atoms. The number of nitrogens with two attached hydrogens (primary N) is 1. The van der Waals surface area contributed by atoms with Crippen molar-refractivity contribution in [2.45, 2.75) is 32.1 Å². The molecule has 0 atom stereocenters. The lowest BCUT2D eigenvalue weighted by atomic mass is 10.1. The van der Waals surface area contributed by atoms with E-state index < -0.39 is 0 Å². The van der Waals surface area contributed by atoms with Crippen molar-refractivity contribution < 1.29 is 4.79 Å². The number of hydrogen-bond donors (Lipinski definition) is 4. The van der Waals surface area contributed by atoms with E-state index in [1.54, 1.807) is 0 Å². The molecule has 0 saturated heterocycles. The van der Waals surface area contributed by atoms with Crippen LogP contribution in [0.5, 0.6) is 0 Å². The standard InChI is InChI=1S/C18H32N4O/c19-10-6-13-20-11-4-5-12-21-14-7-15-22-18(23)16-17-8-2-1-3-9-17/h1-3,8-9,20-21H,4-7,10-16,19H2,(H,22,23). The number of benzene rings is 1. The van der Waals surface area contributed by atoms with Crippen molar-refractivity contribution in [1.29, 1.82) is 0 Å². The van der Waals surface area contributed by atoms with Gasteiger partial charge < -0.3 is 21.7 Å². The number of unbranched alkanes of at least 4 members (excludes halogenated alkanes) is 1. The Morgan fingerprint density at radius 3 is 2.09 bits per heavy atom. The molecule has 130 valence electrons. The lowest BCUT2D eigenvalue weighted by Gasteiger charge is -2.07. The zero-order valence-corrected chi connectivity index (χ0v) is 14.2. The number of amides is 1. The third kappa shape index (κ3) is 11.8. The maximum absolute atomic E-state index is 11.7. The second kappa shape index (κ2) is 14.2. The Hall–Kier alpha value is -1.43. The molecule has 0 saturated carbocycles. The Labute approximate surface area is 140 Å². The fourth-order valence-corrected chi connectivity index (χ4v) is 2.26. The van der Waals surface area contributed by atoms with Crippen LogP contribution in [0.15, 0.2) is 30.3 Å². The molecular weight excluding hydrogens is 288 g/mol. The highest BCUT2D eigenvalue weighted by Crippen LogP contribution is 1.98. The molecule has 0 unspecified atom stereocenters. The van der Waals surface area contributed by atoms with Gasteiger partial charge in [-0.2, -0.15) is 0 Å². The Balaban J connectivity index is 1.83. The maximum atomic E-state index is 11.7. The van der Waals surface area contributed by atoms with Crippen LogP contribution in [0, 0.1) is 0 Å². The molecule has 5 N–H and O–H groups in total. The summed E-state index contributed by atoms with van der Waals surface area (Å²) in [7, 11) is 0. The van der Waals surface area contributed by atoms with E-state index in [0.717, 1.165) is 57.7 Å². The lowest BCUT2D eigenvalue weighted by molar-refractivity contribution is -0.120. The fourth-order valence-electron chi connectivity index (χ4n) is 2.26. The molecule has 1 aromatic rings. The summed E-state index contributed by atoms with van der Waals surface area (Å²) in [4.78, 5) is 11.7. The van der Waals surface area contributed by atoms with Gasteiger partial charge in [-0.1, -0.05) is 30.3 Å². The molecule has 0 aromatic heterocycles. The van der Waals surface area contributed by atoms with Gasteiger partial charge in [-0.05, 0) is 64.0 Å². The SMILES string of the molecule is NCCCNCCCCNCCCNC(=O)Cc1ccccc1. The highest BCUT2D eigenvalue weighted by Gasteiger charge is 2.01. The minimum atomic E-state index is 0.0970. The average molecular weight is 320 g/mol. The van der Waals surface area contributed by atoms with Gasteiger partial charge in [-0.3, -0.25) is 4.79 Å². The highest BCUT2D eigenvalue weighted by atomic mass is 16.1. The predicted octanol–water partition coefficient (Wildman–Crippen LogP) is 1.04. The molecule has 0 radical (unpaired) electrons. The largest absolute Gasteiger partial charge is 0.356 e. The van der Waals surface area contributed by atoms with E-state index in [9.17, 15) is 4.79 Å². The summed E-state index contributed by atoms with van der Waals surface area (Å²) in [5, 5.41) is 9.75. The molecule has 5 nitrogen and oxygen atoms in total. The minimum Gasteiger partial charge on any atom is -0.356 e. The smallest absolute Gasteiger partial charge is 0.224 e. The van der Waals surface area contributed by atoms with Gasteiger partial charge in [0, 0.05) is 6.54 Å². The average Bonchev–Trinajstić information content (AvgIpc) is 2.57. The minimum absolute atomic E-state index is 0.0970. The Kier molecular flexibility index (Phi) is 12.1. The Morgan fingerprint density at radius 2 is 1.43 bits per heavy atom. The molecule has 0 aliphatic heterocycles. The second-order valence-corrected chi connectivity index (χ2v) is 5.72. The topological polar surface area (TPSA) is 79.2 Å². The van der Waals surface area contributed by atoms with Crippen molar-refractivity contribution in [3.05, 3.63) is 35.9 Å². The molecule has 1 amide bonds. The van der Waals surface area contributed by atoms with Crippen LogP contribution in [0.3, 0.4) is 0 Å². The molecule has 0 aliphatic rings. The first-order chi connectivity index (χ1) is 11.3. The first-order valence-electron chi connectivity index (χ1n) is 8.75. The molecule has 0 heterocycles. The molecule has 5 heteroatoms. The van der Waals surface area contributed by atoms with Gasteiger partial charge in [0.15, 0.2) is 0 Å². The van der Waals surface area contributed by atoms with Crippen molar-refractivity contribution in [2.24, 2.45) is 5.73 Å². The number of carbonyl (C=O) groups excluding carboxylic acids is 1. The first kappa shape index (κ1) is 19.6. The van der Waals surface area contributed by atoms with E-state index in [0.29, 0.717) is 6.42 Å². The van der Waals surface area contributed by atoms with Crippen LogP contribution in [-0.4, -0.2) is 45.2 Å². The van der Waals surface area contributed by atoms with Gasteiger partial charge >= 0.3 is 0 Å². The molecule has 1 rings (SSSR count). The van der Waals surface area contributed by atoms with Crippen molar-refractivity contribution in [3.8, 4) is 0 Å². The van der Waals surface area contributed by atoms with E-state index in [4.69, 9.17) is 5.73 Å². The van der Waals surface area contributed by atoms with Crippen molar-refractivity contribution >= 4 is 5.91 Å². The normalized spacial score (nSPS) is 10.7. The summed E-state index contributed by atoms with van der Waals surface area (Å²) in [6.45, 7) is 5.57. The van der Waals surface area contributed by atoms with Crippen LogP contribution in [0.4, 0.5) is 0 Å². The molecule has 0 spiro atoms. The van der Waals surface area contributed by atoms with Crippen LogP contribution in [0.25, 0.3) is 0 Å². The maximum Gasteiger partial charge on any atom is 0.224 e. The number of rotatable bonds is 14. The Bertz CT molecular complexity index is 397. The van der Waals surface area contributed by atoms with Crippen molar-refractivity contribution in [1.82, 2.24) is 16.0 Å². The zero-order valence-electron chi connectivity index (χ0n) is 14.2. The van der Waals surface area contributed by atoms with Crippen LogP contribution in [-0.2, 0) is 11.2 Å². The summed E-state index contributed by atoms with van der Waals surface area (Å²) in [5.74, 6) is 0.0970. The number of hydrogen-bond acceptors (Lipinski definition) is 4. The number of nitrogens with one attached hydrogen (secondary N) is 3. The summed E-state index contributed by atoms with van der Waals surface area (Å²) in [6.07, 6.45) is 4.84. The van der Waals surface area contributed by atoms with Gasteiger partial charge in [0.1, 0.15) is 0 Å². The fraction of sp³-hybridized carbons (Fsp3) is 0.611. The highest BCUT2D eigenvalue weighted by molar-refractivity contribution is 5.78. The predicted molar refractivity (Wildman–Crippen MR) is 96.4 cm³/mol. The Morgan fingerprint density at radius 1 is 0.826 bits per heavy atom. The van der Waals surface area contributed by atoms with Gasteiger partial charge in [0.25, 0.3) is 0 Å². The quantitative estimate of drug-likeness (QED) is 0.386. The number of carbonyl (C=O) groups is 1. The monoisotopic (exact) mass is 320 g/mol. The summed E-state index contributed by atoms with van der Waals surface area (Å²) in [5.41, 5.74) is 6.49. The van der Waals surface area contributed by atoms with E-state index in [1.807, 2.05) is 30.3 Å². The summed E-state index contributed by atoms with van der Waals surface area (Å²) < 4.78 is 0. The third-order valence-electron chi connectivity index (χ3n) is 3.57. The third-order valence-corrected chi connectivity index (χ3v) is 3.57. The van der Waals surface area contributed by atoms with Crippen LogP contribution in [0.2, 0.25) is 0 Å². The van der Waals surface area contributed by atoms with Crippen molar-refractivity contribution in [2.75, 3.05) is 39.3 Å². The van der Waals surface area contributed by atoms with Crippen LogP contribution >= 0.6 is 0 Å². The van der Waals surface area contributed by atoms with Crippen LogP contribution < -0.4 is 21.7 Å². The van der Waals surface area contributed by atoms with Gasteiger partial charge in [0.05, 0.1) is 6.42 Å². The summed E-state index contributed by atoms with van der Waals surface area (Å²) in [6, 6.07) is 9.84. The van der Waals surface area contributed by atoms with E-state index >= 15 is 0 Å². The molecule has 1 aromatic carbocycles. The van der Waals surface area contributed by atoms with E-state index in [1.165, 1.54) is 12.8 Å². The van der Waals surface area contributed by atoms with E-state index in [2.05, 4.69) is 16.0 Å². The second-order valence-electron chi connectivity index (χ2n) is 5.72. The van der Waals surface area contributed by atoms with Gasteiger partial charge in [-0.25, -0.2) is 0 Å². The van der Waals surface area contributed by atoms with E-state index in [-0.39, 0.29) is 5.91 Å². The van der Waals surface area contributed by atoms with Gasteiger partial charge in [-0.15, -0.1) is 0 Å².